The molecule has 0 aliphatic carbocycles. The smallest absolute Gasteiger partial charge is 0.168 e. The fourth-order valence-corrected chi connectivity index (χ4v) is 1.39. The molecular formula is C10H15F2N3O. The third-order valence-electron chi connectivity index (χ3n) is 2.04. The molecule has 0 radical (unpaired) electrons. The van der Waals surface area contributed by atoms with Gasteiger partial charge in [-0.25, -0.2) is 13.8 Å². The maximum atomic E-state index is 13.3. The van der Waals surface area contributed by atoms with Crippen molar-refractivity contribution in [2.45, 2.75) is 6.04 Å². The molecule has 0 fully saturated rings. The summed E-state index contributed by atoms with van der Waals surface area (Å²) >= 11 is 0. The van der Waals surface area contributed by atoms with Gasteiger partial charge < -0.3 is 15.4 Å². The molecule has 1 atom stereocenters. The van der Waals surface area contributed by atoms with Gasteiger partial charge in [0.2, 0.25) is 0 Å². The predicted molar refractivity (Wildman–Crippen MR) is 57.3 cm³/mol. The van der Waals surface area contributed by atoms with Gasteiger partial charge >= 0.3 is 0 Å². The number of nitrogens with zero attached hydrogens (tertiary/aromatic N) is 2. The lowest BCUT2D eigenvalue weighted by Crippen LogP contribution is -2.39. The Morgan fingerprint density at radius 3 is 2.81 bits per heavy atom. The second-order valence-corrected chi connectivity index (χ2v) is 3.55. The van der Waals surface area contributed by atoms with E-state index in [4.69, 9.17) is 10.5 Å². The van der Waals surface area contributed by atoms with E-state index in [1.165, 1.54) is 12.0 Å². The van der Waals surface area contributed by atoms with Crippen LogP contribution >= 0.6 is 0 Å². The van der Waals surface area contributed by atoms with Gasteiger partial charge in [0.05, 0.1) is 12.8 Å². The van der Waals surface area contributed by atoms with E-state index in [9.17, 15) is 8.78 Å². The van der Waals surface area contributed by atoms with Crippen molar-refractivity contribution >= 4 is 5.82 Å². The van der Waals surface area contributed by atoms with E-state index in [1.54, 1.807) is 7.05 Å². The molecule has 6 heteroatoms. The third-order valence-corrected chi connectivity index (χ3v) is 2.04. The Kier molecular flexibility index (Phi) is 4.57. The van der Waals surface area contributed by atoms with E-state index in [1.807, 2.05) is 0 Å². The zero-order valence-corrected chi connectivity index (χ0v) is 9.28. The minimum absolute atomic E-state index is 0.0768. The molecule has 0 spiro atoms. The molecule has 0 amide bonds. The van der Waals surface area contributed by atoms with Gasteiger partial charge in [0.25, 0.3) is 0 Å². The molecule has 4 nitrogen and oxygen atoms in total. The molecule has 1 unspecified atom stereocenters. The lowest BCUT2D eigenvalue weighted by atomic mass is 10.3. The minimum Gasteiger partial charge on any atom is -0.383 e. The molecule has 1 aromatic heterocycles. The molecule has 1 heterocycles. The van der Waals surface area contributed by atoms with Gasteiger partial charge in [-0.3, -0.25) is 0 Å². The molecule has 0 saturated heterocycles. The Balaban J connectivity index is 2.69. The van der Waals surface area contributed by atoms with Crippen LogP contribution in [0.5, 0.6) is 0 Å². The molecule has 16 heavy (non-hydrogen) atoms. The summed E-state index contributed by atoms with van der Waals surface area (Å²) in [6.07, 6.45) is 0.969. The number of hydrogen-bond donors (Lipinski definition) is 1. The summed E-state index contributed by atoms with van der Waals surface area (Å²) in [5.74, 6) is -1.32. The molecule has 0 saturated carbocycles. The molecule has 1 rings (SSSR count). The van der Waals surface area contributed by atoms with E-state index in [-0.39, 0.29) is 11.9 Å². The van der Waals surface area contributed by atoms with Crippen LogP contribution in [0.25, 0.3) is 0 Å². The van der Waals surface area contributed by atoms with Crippen molar-refractivity contribution in [1.82, 2.24) is 4.98 Å². The summed E-state index contributed by atoms with van der Waals surface area (Å²) < 4.78 is 30.8. The van der Waals surface area contributed by atoms with E-state index in [0.717, 1.165) is 12.3 Å². The number of likely N-dealkylation sites (N-methyl/N-ethyl adjacent to an activating group) is 1. The molecular weight excluding hydrogens is 216 g/mol. The SMILES string of the molecule is COCC(N)CN(C)c1ncc(F)cc1F. The van der Waals surface area contributed by atoms with Crippen molar-refractivity contribution in [2.24, 2.45) is 5.73 Å². The van der Waals surface area contributed by atoms with Crippen LogP contribution in [0.2, 0.25) is 0 Å². The number of halogens is 2. The highest BCUT2D eigenvalue weighted by molar-refractivity contribution is 5.38. The van der Waals surface area contributed by atoms with E-state index >= 15 is 0 Å². The topological polar surface area (TPSA) is 51.4 Å². The summed E-state index contributed by atoms with van der Waals surface area (Å²) in [4.78, 5) is 5.20. The molecule has 0 aliphatic rings. The average Bonchev–Trinajstić information content (AvgIpc) is 2.17. The Morgan fingerprint density at radius 2 is 2.25 bits per heavy atom. The normalized spacial score (nSPS) is 12.6. The number of hydrogen-bond acceptors (Lipinski definition) is 4. The Bertz CT molecular complexity index is 349. The first kappa shape index (κ1) is 12.8. The van der Waals surface area contributed by atoms with Gasteiger partial charge in [0.15, 0.2) is 11.6 Å². The van der Waals surface area contributed by atoms with Crippen molar-refractivity contribution in [3.8, 4) is 0 Å². The molecule has 1 aromatic rings. The van der Waals surface area contributed by atoms with E-state index in [0.29, 0.717) is 13.2 Å². The molecule has 0 aliphatic heterocycles. The first-order chi connectivity index (χ1) is 7.54. The lowest BCUT2D eigenvalue weighted by molar-refractivity contribution is 0.181. The summed E-state index contributed by atoms with van der Waals surface area (Å²) in [5, 5.41) is 0. The van der Waals surface area contributed by atoms with Crippen LogP contribution in [0.15, 0.2) is 12.3 Å². The maximum Gasteiger partial charge on any atom is 0.168 e. The van der Waals surface area contributed by atoms with Crippen molar-refractivity contribution in [1.29, 1.82) is 0 Å². The predicted octanol–water partition coefficient (Wildman–Crippen LogP) is 0.770. The second-order valence-electron chi connectivity index (χ2n) is 3.55. The highest BCUT2D eigenvalue weighted by Gasteiger charge is 2.13. The van der Waals surface area contributed by atoms with Crippen LogP contribution in [0.3, 0.4) is 0 Å². The number of ether oxygens (including phenoxy) is 1. The average molecular weight is 231 g/mol. The Labute approximate surface area is 93.0 Å². The quantitative estimate of drug-likeness (QED) is 0.813. The van der Waals surface area contributed by atoms with E-state index < -0.39 is 11.6 Å². The monoisotopic (exact) mass is 231 g/mol. The second kappa shape index (κ2) is 5.72. The lowest BCUT2D eigenvalue weighted by Gasteiger charge is -2.22. The summed E-state index contributed by atoms with van der Waals surface area (Å²) in [7, 11) is 3.18. The standard InChI is InChI=1S/C10H15F2N3O/c1-15(5-8(13)6-16-2)10-9(12)3-7(11)4-14-10/h3-4,8H,5-6,13H2,1-2H3. The van der Waals surface area contributed by atoms with Crippen LogP contribution in [0.4, 0.5) is 14.6 Å². The number of aromatic nitrogens is 1. The van der Waals surface area contributed by atoms with Crippen LogP contribution in [-0.4, -0.2) is 38.3 Å². The molecule has 0 bridgehead atoms. The van der Waals surface area contributed by atoms with Crippen LogP contribution in [0, 0.1) is 11.6 Å². The van der Waals surface area contributed by atoms with Crippen molar-refractivity contribution in [2.75, 3.05) is 32.2 Å². The largest absolute Gasteiger partial charge is 0.383 e. The number of rotatable bonds is 5. The molecule has 2 N–H and O–H groups in total. The maximum absolute atomic E-state index is 13.3. The van der Waals surface area contributed by atoms with Crippen molar-refractivity contribution in [3.63, 3.8) is 0 Å². The fourth-order valence-electron chi connectivity index (χ4n) is 1.39. The summed E-state index contributed by atoms with van der Waals surface area (Å²) in [6.45, 7) is 0.747. The van der Waals surface area contributed by atoms with Gasteiger partial charge in [-0.15, -0.1) is 0 Å². The van der Waals surface area contributed by atoms with Gasteiger partial charge in [0.1, 0.15) is 5.82 Å². The van der Waals surface area contributed by atoms with Crippen LogP contribution in [0.1, 0.15) is 0 Å². The van der Waals surface area contributed by atoms with Crippen molar-refractivity contribution in [3.05, 3.63) is 23.9 Å². The fraction of sp³-hybridized carbons (Fsp3) is 0.500. The van der Waals surface area contributed by atoms with Crippen LogP contribution in [-0.2, 0) is 4.74 Å². The number of methoxy groups -OCH3 is 1. The van der Waals surface area contributed by atoms with E-state index in [2.05, 4.69) is 4.98 Å². The minimum atomic E-state index is -0.702. The van der Waals surface area contributed by atoms with Gasteiger partial charge in [-0.05, 0) is 0 Å². The number of pyridine rings is 1. The third kappa shape index (κ3) is 3.39. The van der Waals surface area contributed by atoms with Crippen molar-refractivity contribution < 1.29 is 13.5 Å². The Morgan fingerprint density at radius 1 is 1.56 bits per heavy atom. The highest BCUT2D eigenvalue weighted by atomic mass is 19.1. The van der Waals surface area contributed by atoms with Gasteiger partial charge in [-0.2, -0.15) is 0 Å². The van der Waals surface area contributed by atoms with Crippen LogP contribution < -0.4 is 10.6 Å². The number of nitrogens with two attached hydrogens (primary N) is 1. The molecule has 0 aromatic carbocycles. The number of anilines is 1. The zero-order valence-electron chi connectivity index (χ0n) is 9.28. The summed E-state index contributed by atoms with van der Waals surface area (Å²) in [5.41, 5.74) is 5.71. The Hall–Kier alpha value is -1.27. The first-order valence-electron chi connectivity index (χ1n) is 4.81. The van der Waals surface area contributed by atoms with Gasteiger partial charge in [-0.1, -0.05) is 0 Å². The zero-order chi connectivity index (χ0) is 12.1. The first-order valence-corrected chi connectivity index (χ1v) is 4.81. The van der Waals surface area contributed by atoms with Gasteiger partial charge in [0, 0.05) is 32.8 Å². The summed E-state index contributed by atoms with van der Waals surface area (Å²) in [6, 6.07) is 0.543. The molecule has 90 valence electrons. The highest BCUT2D eigenvalue weighted by Crippen LogP contribution is 2.15.